The molecule has 63 heavy (non-hydrogen) atoms. The van der Waals surface area contributed by atoms with Gasteiger partial charge in [-0.25, -0.2) is 0 Å². The molecule has 0 unspecified atom stereocenters. The van der Waals surface area contributed by atoms with Gasteiger partial charge in [-0.3, -0.25) is 0 Å². The zero-order chi connectivity index (χ0) is 41.4. The van der Waals surface area contributed by atoms with Crippen molar-refractivity contribution in [2.24, 2.45) is 0 Å². The SMILES string of the molecule is c1ccc(-c2ccc(N(c3ccc4c5ccccc5c5ccccc5c5ccccc5c5c(ccc6sc7ccccc7c65)c4c3)c3cccc4oc5ccccc5c34)cc2)cc1. The number of thiophene rings is 1. The van der Waals surface area contributed by atoms with Gasteiger partial charge in [-0.05, 0) is 120 Å². The maximum atomic E-state index is 6.53. The van der Waals surface area contributed by atoms with E-state index in [2.05, 4.69) is 223 Å². The molecule has 0 aliphatic carbocycles. The fraction of sp³-hybridized carbons (Fsp3) is 0. The van der Waals surface area contributed by atoms with Crippen LogP contribution in [-0.2, 0) is 0 Å². The Labute approximate surface area is 367 Å². The van der Waals surface area contributed by atoms with E-state index < -0.39 is 0 Å². The number of benzene rings is 10. The van der Waals surface area contributed by atoms with Crippen LogP contribution in [0.1, 0.15) is 0 Å². The molecule has 0 spiro atoms. The summed E-state index contributed by atoms with van der Waals surface area (Å²) < 4.78 is 9.11. The lowest BCUT2D eigenvalue weighted by Gasteiger charge is -2.27. The second-order valence-corrected chi connectivity index (χ2v) is 17.4. The summed E-state index contributed by atoms with van der Waals surface area (Å²) in [5.74, 6) is 0. The first-order valence-corrected chi connectivity index (χ1v) is 22.3. The van der Waals surface area contributed by atoms with Gasteiger partial charge >= 0.3 is 0 Å². The Balaban J connectivity index is 1.22. The van der Waals surface area contributed by atoms with Gasteiger partial charge in [-0.15, -0.1) is 11.3 Å². The molecule has 0 saturated carbocycles. The highest BCUT2D eigenvalue weighted by Gasteiger charge is 2.21. The predicted molar refractivity (Wildman–Crippen MR) is 272 cm³/mol. The number of fused-ring (bicyclic) bond motifs is 17. The average Bonchev–Trinajstić information content (AvgIpc) is 3.93. The summed E-state index contributed by atoms with van der Waals surface area (Å²) in [6.45, 7) is 0. The van der Waals surface area contributed by atoms with Crippen molar-refractivity contribution in [3.8, 4) is 11.1 Å². The number of rotatable bonds is 4. The summed E-state index contributed by atoms with van der Waals surface area (Å²) in [5, 5.41) is 16.9. The summed E-state index contributed by atoms with van der Waals surface area (Å²) in [5.41, 5.74) is 7.28. The highest BCUT2D eigenvalue weighted by molar-refractivity contribution is 7.26. The lowest BCUT2D eigenvalue weighted by Crippen LogP contribution is -2.10. The molecule has 0 atom stereocenters. The molecular weight excluding hydrogens is 783 g/mol. The zero-order valence-corrected chi connectivity index (χ0v) is 34.9. The Kier molecular flexibility index (Phi) is 8.12. The minimum atomic E-state index is 0.861. The summed E-state index contributed by atoms with van der Waals surface area (Å²) in [4.78, 5) is 2.42. The van der Waals surface area contributed by atoms with Crippen molar-refractivity contribution >= 4 is 124 Å². The fourth-order valence-corrected chi connectivity index (χ4v) is 11.2. The Morgan fingerprint density at radius 2 is 0.794 bits per heavy atom. The van der Waals surface area contributed by atoms with E-state index in [9.17, 15) is 0 Å². The third-order valence-corrected chi connectivity index (χ3v) is 14.0. The molecule has 13 aromatic rings. The molecule has 3 heteroatoms. The Hall–Kier alpha value is -7.98. The molecule has 0 fully saturated rings. The topological polar surface area (TPSA) is 16.4 Å². The van der Waals surface area contributed by atoms with Crippen LogP contribution < -0.4 is 4.90 Å². The van der Waals surface area contributed by atoms with Crippen molar-refractivity contribution in [3.05, 3.63) is 224 Å². The minimum Gasteiger partial charge on any atom is -0.456 e. The van der Waals surface area contributed by atoms with Gasteiger partial charge in [0.25, 0.3) is 0 Å². The van der Waals surface area contributed by atoms with Crippen LogP contribution in [0.15, 0.2) is 229 Å². The molecule has 0 radical (unpaired) electrons. The summed E-state index contributed by atoms with van der Waals surface area (Å²) in [6.07, 6.45) is 0. The third kappa shape index (κ3) is 5.64. The first kappa shape index (κ1) is 35.7. The summed E-state index contributed by atoms with van der Waals surface area (Å²) >= 11 is 1.87. The van der Waals surface area contributed by atoms with Gasteiger partial charge in [0.2, 0.25) is 0 Å². The van der Waals surface area contributed by atoms with E-state index in [1.165, 1.54) is 85.2 Å². The highest BCUT2D eigenvalue weighted by Crippen LogP contribution is 2.47. The lowest BCUT2D eigenvalue weighted by molar-refractivity contribution is 0.669. The number of hydrogen-bond donors (Lipinski definition) is 0. The van der Waals surface area contributed by atoms with Crippen molar-refractivity contribution in [2.45, 2.75) is 0 Å². The van der Waals surface area contributed by atoms with E-state index in [4.69, 9.17) is 4.42 Å². The van der Waals surface area contributed by atoms with Gasteiger partial charge in [0, 0.05) is 36.9 Å². The number of hydrogen-bond acceptors (Lipinski definition) is 3. The Morgan fingerprint density at radius 3 is 1.51 bits per heavy atom. The van der Waals surface area contributed by atoms with E-state index in [0.717, 1.165) is 39.0 Å². The van der Waals surface area contributed by atoms with Crippen LogP contribution in [0.3, 0.4) is 0 Å². The first-order chi connectivity index (χ1) is 31.3. The first-order valence-electron chi connectivity index (χ1n) is 21.5. The number of anilines is 3. The Bertz CT molecular complexity index is 4030. The Morgan fingerprint density at radius 1 is 0.286 bits per heavy atom. The van der Waals surface area contributed by atoms with E-state index in [0.29, 0.717) is 0 Å². The molecule has 0 aliphatic heterocycles. The number of nitrogens with zero attached hydrogens (tertiary/aromatic N) is 1. The van der Waals surface area contributed by atoms with Gasteiger partial charge < -0.3 is 9.32 Å². The van der Waals surface area contributed by atoms with E-state index in [1.807, 2.05) is 17.4 Å². The van der Waals surface area contributed by atoms with Crippen LogP contribution in [0.25, 0.3) is 107 Å². The molecule has 13 rings (SSSR count). The largest absolute Gasteiger partial charge is 0.456 e. The summed E-state index contributed by atoms with van der Waals surface area (Å²) in [7, 11) is 0. The van der Waals surface area contributed by atoms with Crippen LogP contribution in [-0.4, -0.2) is 0 Å². The van der Waals surface area contributed by atoms with E-state index >= 15 is 0 Å². The fourth-order valence-electron chi connectivity index (χ4n) is 10.1. The van der Waals surface area contributed by atoms with Crippen LogP contribution in [0.4, 0.5) is 17.1 Å². The molecular formula is C60H37NOS. The van der Waals surface area contributed by atoms with Crippen molar-refractivity contribution in [3.63, 3.8) is 0 Å². The molecule has 0 aliphatic rings. The van der Waals surface area contributed by atoms with Crippen molar-refractivity contribution in [1.82, 2.24) is 0 Å². The van der Waals surface area contributed by atoms with Gasteiger partial charge in [-0.1, -0.05) is 170 Å². The van der Waals surface area contributed by atoms with Crippen LogP contribution >= 0.6 is 11.3 Å². The molecule has 0 saturated heterocycles. The smallest absolute Gasteiger partial charge is 0.137 e. The van der Waals surface area contributed by atoms with Crippen molar-refractivity contribution in [1.29, 1.82) is 0 Å². The highest BCUT2D eigenvalue weighted by atomic mass is 32.1. The molecule has 2 nitrogen and oxygen atoms in total. The third-order valence-electron chi connectivity index (χ3n) is 12.9. The van der Waals surface area contributed by atoms with E-state index in [1.54, 1.807) is 0 Å². The van der Waals surface area contributed by atoms with Crippen LogP contribution in [0, 0.1) is 0 Å². The van der Waals surface area contributed by atoms with E-state index in [-0.39, 0.29) is 0 Å². The van der Waals surface area contributed by atoms with Gasteiger partial charge in [-0.2, -0.15) is 0 Å². The standard InChI is InChI=1S/C60H37NOS/c1-2-15-38(16-3-1)39-29-31-40(32-30-39)61(53-25-14-27-55-59(53)50-23-10-12-26-54(50)62-55)41-33-34-47-45-20-7-5-18-43(45)42-17-4-6-19-44(42)46-21-8-9-22-48(46)58-49(52(47)37-41)35-36-57-60(58)51-24-11-13-28-56(51)63-57/h1-37H. The second kappa shape index (κ2) is 14.3. The van der Waals surface area contributed by atoms with Crippen LogP contribution in [0.5, 0.6) is 0 Å². The maximum Gasteiger partial charge on any atom is 0.137 e. The summed E-state index contributed by atoms with van der Waals surface area (Å²) in [6, 6.07) is 82.1. The van der Waals surface area contributed by atoms with Crippen molar-refractivity contribution in [2.75, 3.05) is 4.90 Å². The molecule has 2 heterocycles. The second-order valence-electron chi connectivity index (χ2n) is 16.3. The minimum absolute atomic E-state index is 0.861. The average molecular weight is 820 g/mol. The van der Waals surface area contributed by atoms with Crippen molar-refractivity contribution < 1.29 is 4.42 Å². The zero-order valence-electron chi connectivity index (χ0n) is 34.1. The molecule has 294 valence electrons. The lowest BCUT2D eigenvalue weighted by atomic mass is 9.92. The monoisotopic (exact) mass is 819 g/mol. The van der Waals surface area contributed by atoms with Crippen LogP contribution in [0.2, 0.25) is 0 Å². The number of para-hydroxylation sites is 1. The van der Waals surface area contributed by atoms with Gasteiger partial charge in [0.05, 0.1) is 11.1 Å². The molecule has 0 N–H and O–H groups in total. The van der Waals surface area contributed by atoms with Gasteiger partial charge in [0.15, 0.2) is 0 Å². The molecule has 11 aromatic carbocycles. The molecule has 0 amide bonds. The van der Waals surface area contributed by atoms with Gasteiger partial charge in [0.1, 0.15) is 11.2 Å². The predicted octanol–water partition coefficient (Wildman–Crippen LogP) is 18.0. The maximum absolute atomic E-state index is 6.53. The normalized spacial score (nSPS) is 11.8. The quantitative estimate of drug-likeness (QED) is 0.176. The number of furan rings is 1. The molecule has 0 bridgehead atoms. The molecule has 2 aromatic heterocycles.